The van der Waals surface area contributed by atoms with Gasteiger partial charge < -0.3 is 0 Å². The zero-order valence-electron chi connectivity index (χ0n) is 14.2. The summed E-state index contributed by atoms with van der Waals surface area (Å²) in [6.07, 6.45) is 6.15. The van der Waals surface area contributed by atoms with Crippen molar-refractivity contribution >= 4 is 38.8 Å². The topological polar surface area (TPSA) is 93.3 Å². The average Bonchev–Trinajstić information content (AvgIpc) is 3.05. The van der Waals surface area contributed by atoms with Crippen LogP contribution in [0.4, 0.5) is 11.5 Å². The van der Waals surface area contributed by atoms with Crippen LogP contribution in [0.25, 0.3) is 10.2 Å². The summed E-state index contributed by atoms with van der Waals surface area (Å²) in [6.45, 7) is 1.86. The van der Waals surface area contributed by atoms with E-state index >= 15 is 0 Å². The van der Waals surface area contributed by atoms with Crippen molar-refractivity contribution in [2.45, 2.75) is 32.6 Å². The molecular formula is C18H17N5O2S. The molecule has 7 nitrogen and oxygen atoms in total. The summed E-state index contributed by atoms with van der Waals surface area (Å²) < 4.78 is 0. The number of hydrogen-bond acceptors (Lipinski definition) is 7. The Morgan fingerprint density at radius 2 is 2.00 bits per heavy atom. The third kappa shape index (κ3) is 3.03. The smallest absolute Gasteiger partial charge is 0.260 e. The van der Waals surface area contributed by atoms with Crippen LogP contribution in [0.3, 0.4) is 0 Å². The molecule has 1 aliphatic carbocycles. The van der Waals surface area contributed by atoms with Crippen LogP contribution >= 0.6 is 11.3 Å². The predicted molar refractivity (Wildman–Crippen MR) is 103 cm³/mol. The van der Waals surface area contributed by atoms with Gasteiger partial charge in [-0.25, -0.2) is 9.97 Å². The van der Waals surface area contributed by atoms with Gasteiger partial charge in [-0.1, -0.05) is 0 Å². The van der Waals surface area contributed by atoms with Crippen molar-refractivity contribution in [3.05, 3.63) is 56.7 Å². The maximum absolute atomic E-state index is 10.8. The average molecular weight is 367 g/mol. The first-order valence-corrected chi connectivity index (χ1v) is 9.25. The summed E-state index contributed by atoms with van der Waals surface area (Å²) >= 11 is 1.75. The number of aryl methyl sites for hydroxylation is 2. The summed E-state index contributed by atoms with van der Waals surface area (Å²) in [6, 6.07) is 6.35. The highest BCUT2D eigenvalue weighted by atomic mass is 32.1. The first kappa shape index (κ1) is 16.6. The fraction of sp³-hybridized carbons (Fsp3) is 0.278. The molecule has 0 spiro atoms. The summed E-state index contributed by atoms with van der Waals surface area (Å²) in [7, 11) is 0. The van der Waals surface area contributed by atoms with E-state index in [0.717, 1.165) is 40.2 Å². The molecule has 3 aromatic rings. The molecule has 0 aliphatic heterocycles. The minimum absolute atomic E-state index is 0.0666. The van der Waals surface area contributed by atoms with Crippen LogP contribution in [-0.2, 0) is 12.8 Å². The van der Waals surface area contributed by atoms with E-state index in [1.54, 1.807) is 29.8 Å². The number of nitrogens with zero attached hydrogens (tertiary/aromatic N) is 4. The molecule has 0 bridgehead atoms. The van der Waals surface area contributed by atoms with Gasteiger partial charge in [0.15, 0.2) is 5.82 Å². The van der Waals surface area contributed by atoms with Crippen LogP contribution in [0.2, 0.25) is 0 Å². The molecule has 1 aliphatic rings. The van der Waals surface area contributed by atoms with Gasteiger partial charge in [0.25, 0.3) is 5.69 Å². The largest absolute Gasteiger partial charge is 0.269 e. The Kier molecular flexibility index (Phi) is 4.34. The Labute approximate surface area is 154 Å². The number of rotatable bonds is 4. The van der Waals surface area contributed by atoms with E-state index < -0.39 is 4.92 Å². The minimum Gasteiger partial charge on any atom is -0.260 e. The van der Waals surface area contributed by atoms with Gasteiger partial charge in [0.05, 0.1) is 16.0 Å². The number of nitro benzene ring substituents is 1. The number of nitro groups is 1. The first-order valence-electron chi connectivity index (χ1n) is 8.44. The Hall–Kier alpha value is -2.87. The number of hydrazone groups is 1. The highest BCUT2D eigenvalue weighted by Crippen LogP contribution is 2.38. The summed E-state index contributed by atoms with van der Waals surface area (Å²) in [5.74, 6) is 0.718. The van der Waals surface area contributed by atoms with Crippen LogP contribution in [0.15, 0.2) is 35.7 Å². The van der Waals surface area contributed by atoms with Crippen LogP contribution in [0, 0.1) is 10.1 Å². The van der Waals surface area contributed by atoms with Crippen LogP contribution in [0.1, 0.15) is 35.8 Å². The minimum atomic E-state index is -0.411. The van der Waals surface area contributed by atoms with Gasteiger partial charge in [-0.3, -0.25) is 15.5 Å². The SMILES string of the molecule is CC(=NNc1ncnc2sc3c(c12)CCCC3)c1ccc([N+](=O)[O-])cc1. The Bertz CT molecular complexity index is 1010. The molecular weight excluding hydrogens is 350 g/mol. The lowest BCUT2D eigenvalue weighted by Crippen LogP contribution is -2.03. The summed E-state index contributed by atoms with van der Waals surface area (Å²) in [4.78, 5) is 21.5. The van der Waals surface area contributed by atoms with Gasteiger partial charge in [0.1, 0.15) is 11.2 Å². The summed E-state index contributed by atoms with van der Waals surface area (Å²) in [5.41, 5.74) is 6.04. The highest BCUT2D eigenvalue weighted by molar-refractivity contribution is 7.19. The second kappa shape index (κ2) is 6.80. The monoisotopic (exact) mass is 367 g/mol. The lowest BCUT2D eigenvalue weighted by atomic mass is 9.97. The molecule has 0 fully saturated rings. The third-order valence-corrected chi connectivity index (χ3v) is 5.78. The standard InChI is InChI=1S/C18H17N5O2S/c1-11(12-6-8-13(9-7-12)23(24)25)21-22-17-16-14-4-2-3-5-15(14)26-18(16)20-10-19-17/h6-10H,2-5H2,1H3,(H,19,20,22). The molecule has 0 saturated heterocycles. The van der Waals surface area contributed by atoms with Crippen molar-refractivity contribution in [3.8, 4) is 0 Å². The van der Waals surface area contributed by atoms with Gasteiger partial charge in [-0.2, -0.15) is 5.10 Å². The maximum Gasteiger partial charge on any atom is 0.269 e. The molecule has 2 heterocycles. The number of fused-ring (bicyclic) bond motifs is 3. The van der Waals surface area contributed by atoms with Crippen molar-refractivity contribution in [3.63, 3.8) is 0 Å². The molecule has 26 heavy (non-hydrogen) atoms. The quantitative estimate of drug-likeness (QED) is 0.421. The number of nitrogens with one attached hydrogen (secondary N) is 1. The molecule has 1 aromatic carbocycles. The second-order valence-corrected chi connectivity index (χ2v) is 7.31. The van der Waals surface area contributed by atoms with Crippen molar-refractivity contribution in [1.82, 2.24) is 9.97 Å². The molecule has 132 valence electrons. The molecule has 0 amide bonds. The van der Waals surface area contributed by atoms with E-state index in [1.807, 2.05) is 6.92 Å². The predicted octanol–water partition coefficient (Wildman–Crippen LogP) is 4.31. The third-order valence-electron chi connectivity index (χ3n) is 4.58. The Morgan fingerprint density at radius 3 is 2.77 bits per heavy atom. The van der Waals surface area contributed by atoms with Crippen molar-refractivity contribution in [2.24, 2.45) is 5.10 Å². The molecule has 2 aromatic heterocycles. The number of anilines is 1. The van der Waals surface area contributed by atoms with E-state index in [1.165, 1.54) is 35.4 Å². The number of thiophene rings is 1. The van der Waals surface area contributed by atoms with Crippen LogP contribution in [0.5, 0.6) is 0 Å². The molecule has 4 rings (SSSR count). The molecule has 0 unspecified atom stereocenters. The van der Waals surface area contributed by atoms with E-state index in [0.29, 0.717) is 0 Å². The summed E-state index contributed by atoms with van der Waals surface area (Å²) in [5, 5.41) is 16.3. The number of benzene rings is 1. The van der Waals surface area contributed by atoms with Crippen molar-refractivity contribution < 1.29 is 4.92 Å². The van der Waals surface area contributed by atoms with Crippen molar-refractivity contribution in [2.75, 3.05) is 5.43 Å². The number of hydrogen-bond donors (Lipinski definition) is 1. The van der Waals surface area contributed by atoms with Gasteiger partial charge in [0.2, 0.25) is 0 Å². The lowest BCUT2D eigenvalue weighted by molar-refractivity contribution is -0.384. The first-order chi connectivity index (χ1) is 12.6. The van der Waals surface area contributed by atoms with Gasteiger partial charge in [-0.05, 0) is 55.9 Å². The van der Waals surface area contributed by atoms with E-state index in [2.05, 4.69) is 20.5 Å². The number of aromatic nitrogens is 2. The normalized spacial score (nSPS) is 14.3. The van der Waals surface area contributed by atoms with E-state index in [9.17, 15) is 10.1 Å². The molecule has 1 N–H and O–H groups in total. The van der Waals surface area contributed by atoms with Gasteiger partial charge in [-0.15, -0.1) is 11.3 Å². The molecule has 8 heteroatoms. The van der Waals surface area contributed by atoms with Crippen LogP contribution in [-0.4, -0.2) is 20.6 Å². The van der Waals surface area contributed by atoms with Crippen LogP contribution < -0.4 is 5.43 Å². The van der Waals surface area contributed by atoms with E-state index in [4.69, 9.17) is 0 Å². The van der Waals surface area contributed by atoms with E-state index in [-0.39, 0.29) is 5.69 Å². The molecule has 0 radical (unpaired) electrons. The second-order valence-electron chi connectivity index (χ2n) is 6.23. The highest BCUT2D eigenvalue weighted by Gasteiger charge is 2.19. The van der Waals surface area contributed by atoms with Crippen molar-refractivity contribution in [1.29, 1.82) is 0 Å². The fourth-order valence-electron chi connectivity index (χ4n) is 3.20. The van der Waals surface area contributed by atoms with Gasteiger partial charge >= 0.3 is 0 Å². The zero-order valence-corrected chi connectivity index (χ0v) is 15.0. The fourth-order valence-corrected chi connectivity index (χ4v) is 4.43. The Balaban J connectivity index is 1.63. The lowest BCUT2D eigenvalue weighted by Gasteiger charge is -2.11. The zero-order chi connectivity index (χ0) is 18.1. The molecule has 0 atom stereocenters. The van der Waals surface area contributed by atoms with Gasteiger partial charge in [0, 0.05) is 17.0 Å². The Morgan fingerprint density at radius 1 is 1.23 bits per heavy atom. The number of non-ortho nitro benzene ring substituents is 1. The molecule has 0 saturated carbocycles. The maximum atomic E-state index is 10.8.